The Morgan fingerprint density at radius 1 is 0.962 bits per heavy atom. The zero-order valence-corrected chi connectivity index (χ0v) is 14.5. The first-order valence-corrected chi connectivity index (χ1v) is 8.34. The molecule has 2 amide bonds. The lowest BCUT2D eigenvalue weighted by atomic mass is 10.1. The van der Waals surface area contributed by atoms with Crippen LogP contribution >= 0.6 is 11.6 Å². The molecule has 2 N–H and O–H groups in total. The standard InChI is InChI=1S/C20H16ClN3O2/c21-18-9-7-16(8-10-18)20(26)22-13-19(25)24-23-12-14-5-6-15-3-1-2-4-17(15)11-14/h1-12H,13H2,(H,22,26)(H,24,25). The van der Waals surface area contributed by atoms with Gasteiger partial charge in [0, 0.05) is 10.6 Å². The Morgan fingerprint density at radius 2 is 1.69 bits per heavy atom. The molecule has 6 heteroatoms. The highest BCUT2D eigenvalue weighted by atomic mass is 35.5. The summed E-state index contributed by atoms with van der Waals surface area (Å²) in [5, 5.41) is 9.22. The van der Waals surface area contributed by atoms with Gasteiger partial charge in [-0.05, 0) is 46.7 Å². The number of hydrogen-bond donors (Lipinski definition) is 2. The summed E-state index contributed by atoms with van der Waals surface area (Å²) >= 11 is 5.77. The van der Waals surface area contributed by atoms with Gasteiger partial charge in [0.15, 0.2) is 0 Å². The minimum Gasteiger partial charge on any atom is -0.343 e. The third-order valence-electron chi connectivity index (χ3n) is 3.69. The van der Waals surface area contributed by atoms with E-state index < -0.39 is 5.91 Å². The average molecular weight is 366 g/mol. The fourth-order valence-electron chi connectivity index (χ4n) is 2.37. The number of benzene rings is 3. The molecule has 0 aliphatic rings. The second-order valence-corrected chi connectivity index (χ2v) is 6.03. The van der Waals surface area contributed by atoms with Gasteiger partial charge in [-0.3, -0.25) is 9.59 Å². The van der Waals surface area contributed by atoms with E-state index in [-0.39, 0.29) is 12.5 Å². The van der Waals surface area contributed by atoms with Crippen LogP contribution in [0.4, 0.5) is 0 Å². The highest BCUT2D eigenvalue weighted by molar-refractivity contribution is 6.30. The number of hydrogen-bond acceptors (Lipinski definition) is 3. The number of nitrogens with zero attached hydrogens (tertiary/aromatic N) is 1. The number of nitrogens with one attached hydrogen (secondary N) is 2. The number of halogens is 1. The van der Waals surface area contributed by atoms with Gasteiger partial charge in [-0.25, -0.2) is 5.43 Å². The molecule has 0 saturated heterocycles. The van der Waals surface area contributed by atoms with E-state index in [0.717, 1.165) is 16.3 Å². The summed E-state index contributed by atoms with van der Waals surface area (Å²) in [4.78, 5) is 23.7. The summed E-state index contributed by atoms with van der Waals surface area (Å²) in [5.74, 6) is -0.764. The Kier molecular flexibility index (Phi) is 5.61. The molecule has 0 unspecified atom stereocenters. The van der Waals surface area contributed by atoms with Gasteiger partial charge < -0.3 is 5.32 Å². The maximum Gasteiger partial charge on any atom is 0.259 e. The van der Waals surface area contributed by atoms with Crippen molar-refractivity contribution in [2.24, 2.45) is 5.10 Å². The Morgan fingerprint density at radius 3 is 2.46 bits per heavy atom. The molecule has 0 aromatic heterocycles. The van der Waals surface area contributed by atoms with Crippen molar-refractivity contribution < 1.29 is 9.59 Å². The van der Waals surface area contributed by atoms with Crippen molar-refractivity contribution in [2.75, 3.05) is 6.54 Å². The van der Waals surface area contributed by atoms with E-state index in [1.54, 1.807) is 30.5 Å². The molecule has 26 heavy (non-hydrogen) atoms. The largest absolute Gasteiger partial charge is 0.343 e. The van der Waals surface area contributed by atoms with Gasteiger partial charge in [0.05, 0.1) is 12.8 Å². The van der Waals surface area contributed by atoms with Crippen molar-refractivity contribution in [3.63, 3.8) is 0 Å². The quantitative estimate of drug-likeness (QED) is 0.537. The molecule has 130 valence electrons. The van der Waals surface area contributed by atoms with Crippen molar-refractivity contribution in [3.05, 3.63) is 82.9 Å². The molecule has 3 rings (SSSR count). The molecule has 0 aliphatic heterocycles. The van der Waals surface area contributed by atoms with Crippen LogP contribution in [-0.2, 0) is 4.79 Å². The van der Waals surface area contributed by atoms with E-state index in [0.29, 0.717) is 10.6 Å². The smallest absolute Gasteiger partial charge is 0.259 e. The fraction of sp³-hybridized carbons (Fsp3) is 0.0500. The maximum atomic E-state index is 11.9. The Labute approximate surface area is 155 Å². The first-order valence-electron chi connectivity index (χ1n) is 7.96. The van der Waals surface area contributed by atoms with Crippen LogP contribution in [0.1, 0.15) is 15.9 Å². The third kappa shape index (κ3) is 4.68. The van der Waals surface area contributed by atoms with Crippen LogP contribution in [0, 0.1) is 0 Å². The van der Waals surface area contributed by atoms with E-state index in [4.69, 9.17) is 11.6 Å². The number of amides is 2. The molecule has 0 heterocycles. The first kappa shape index (κ1) is 17.6. The van der Waals surface area contributed by atoms with Gasteiger partial charge in [-0.2, -0.15) is 5.10 Å². The van der Waals surface area contributed by atoms with Crippen molar-refractivity contribution in [1.29, 1.82) is 0 Å². The lowest BCUT2D eigenvalue weighted by molar-refractivity contribution is -0.120. The van der Waals surface area contributed by atoms with E-state index in [1.807, 2.05) is 42.5 Å². The van der Waals surface area contributed by atoms with Gasteiger partial charge in [0.2, 0.25) is 0 Å². The molecule has 0 aliphatic carbocycles. The van der Waals surface area contributed by atoms with Crippen LogP contribution in [-0.4, -0.2) is 24.6 Å². The minimum atomic E-state index is -0.413. The molecule has 0 bridgehead atoms. The Bertz CT molecular complexity index is 968. The van der Waals surface area contributed by atoms with Crippen molar-refractivity contribution in [2.45, 2.75) is 0 Å². The summed E-state index contributed by atoms with van der Waals surface area (Å²) < 4.78 is 0. The van der Waals surface area contributed by atoms with Crippen LogP contribution in [0.3, 0.4) is 0 Å². The average Bonchev–Trinajstić information content (AvgIpc) is 2.66. The molecule has 0 spiro atoms. The number of carbonyl (C=O) groups is 2. The summed E-state index contributed by atoms with van der Waals surface area (Å²) in [6, 6.07) is 20.3. The molecule has 3 aromatic carbocycles. The monoisotopic (exact) mass is 365 g/mol. The summed E-state index contributed by atoms with van der Waals surface area (Å²) in [7, 11) is 0. The second kappa shape index (κ2) is 8.27. The molecule has 5 nitrogen and oxygen atoms in total. The highest BCUT2D eigenvalue weighted by Gasteiger charge is 2.07. The lowest BCUT2D eigenvalue weighted by Crippen LogP contribution is -2.34. The van der Waals surface area contributed by atoms with Crippen molar-refractivity contribution >= 4 is 40.4 Å². The maximum absolute atomic E-state index is 11.9. The van der Waals surface area contributed by atoms with E-state index in [1.165, 1.54) is 0 Å². The van der Waals surface area contributed by atoms with Crippen molar-refractivity contribution in [3.8, 4) is 0 Å². The highest BCUT2D eigenvalue weighted by Crippen LogP contribution is 2.14. The van der Waals surface area contributed by atoms with Gasteiger partial charge in [-0.1, -0.05) is 48.0 Å². The summed E-state index contributed by atoms with van der Waals surface area (Å²) in [6.45, 7) is -0.170. The topological polar surface area (TPSA) is 70.6 Å². The molecule has 0 radical (unpaired) electrons. The van der Waals surface area contributed by atoms with Crippen LogP contribution in [0.5, 0.6) is 0 Å². The van der Waals surface area contributed by atoms with Gasteiger partial charge in [0.1, 0.15) is 0 Å². The second-order valence-electron chi connectivity index (χ2n) is 5.59. The van der Waals surface area contributed by atoms with E-state index in [2.05, 4.69) is 15.8 Å². The summed E-state index contributed by atoms with van der Waals surface area (Å²) in [5.41, 5.74) is 3.69. The summed E-state index contributed by atoms with van der Waals surface area (Å²) in [6.07, 6.45) is 1.56. The van der Waals surface area contributed by atoms with E-state index >= 15 is 0 Å². The van der Waals surface area contributed by atoms with Crippen LogP contribution in [0.15, 0.2) is 71.8 Å². The van der Waals surface area contributed by atoms with Gasteiger partial charge in [-0.15, -0.1) is 0 Å². The molecular weight excluding hydrogens is 350 g/mol. The normalized spacial score (nSPS) is 10.8. The number of fused-ring (bicyclic) bond motifs is 1. The third-order valence-corrected chi connectivity index (χ3v) is 3.94. The predicted molar refractivity (Wildman–Crippen MR) is 103 cm³/mol. The van der Waals surface area contributed by atoms with Crippen LogP contribution < -0.4 is 10.7 Å². The number of rotatable bonds is 5. The molecule has 0 saturated carbocycles. The molecular formula is C20H16ClN3O2. The first-order chi connectivity index (χ1) is 12.6. The number of hydrazone groups is 1. The fourth-order valence-corrected chi connectivity index (χ4v) is 2.50. The van der Waals surface area contributed by atoms with Crippen molar-refractivity contribution in [1.82, 2.24) is 10.7 Å². The minimum absolute atomic E-state index is 0.170. The zero-order valence-electron chi connectivity index (χ0n) is 13.8. The zero-order chi connectivity index (χ0) is 18.4. The SMILES string of the molecule is O=C(CNC(=O)c1ccc(Cl)cc1)NN=Cc1ccc2ccccc2c1. The van der Waals surface area contributed by atoms with Gasteiger partial charge in [0.25, 0.3) is 11.8 Å². The van der Waals surface area contributed by atoms with E-state index in [9.17, 15) is 9.59 Å². The molecule has 0 atom stereocenters. The number of carbonyl (C=O) groups excluding carboxylic acids is 2. The van der Waals surface area contributed by atoms with Gasteiger partial charge >= 0.3 is 0 Å². The van der Waals surface area contributed by atoms with Crippen LogP contribution in [0.25, 0.3) is 10.8 Å². The molecule has 3 aromatic rings. The Balaban J connectivity index is 1.50. The molecule has 0 fully saturated rings. The van der Waals surface area contributed by atoms with Crippen LogP contribution in [0.2, 0.25) is 5.02 Å². The lowest BCUT2D eigenvalue weighted by Gasteiger charge is -2.04. The Hall–Kier alpha value is -3.18. The predicted octanol–water partition coefficient (Wildman–Crippen LogP) is 3.37.